The fraction of sp³-hybridized carbons (Fsp3) is 0.333. The molecule has 2 aromatic rings. The molecule has 2 rings (SSSR count). The number of anilines is 1. The van der Waals surface area contributed by atoms with Gasteiger partial charge in [-0.3, -0.25) is 9.78 Å². The molecule has 1 unspecified atom stereocenters. The molecule has 0 aliphatic carbocycles. The van der Waals surface area contributed by atoms with E-state index in [1.54, 1.807) is 35.5 Å². The molecule has 0 aliphatic rings. The molecule has 1 atom stereocenters. The van der Waals surface area contributed by atoms with E-state index in [2.05, 4.69) is 16.4 Å². The molecule has 0 radical (unpaired) electrons. The molecule has 2 aromatic heterocycles. The molecule has 0 bridgehead atoms. The number of pyridine rings is 1. The molecule has 0 aliphatic heterocycles. The molecule has 1 amide bonds. The number of thiophene rings is 1. The van der Waals surface area contributed by atoms with Gasteiger partial charge in [-0.15, -0.1) is 0 Å². The first-order valence-corrected chi connectivity index (χ1v) is 8.74. The van der Waals surface area contributed by atoms with Crippen LogP contribution in [0.25, 0.3) is 0 Å². The van der Waals surface area contributed by atoms with Crippen LogP contribution in [0.4, 0.5) is 5.69 Å². The molecule has 0 N–H and O–H groups in total. The van der Waals surface area contributed by atoms with E-state index in [1.807, 2.05) is 35.6 Å². The van der Waals surface area contributed by atoms with Gasteiger partial charge in [-0.05, 0) is 47.2 Å². The Labute approximate surface area is 128 Å². The summed E-state index contributed by atoms with van der Waals surface area (Å²) in [6.45, 7) is 2.65. The molecule has 20 heavy (non-hydrogen) atoms. The standard InChI is InChI=1S/C15H18N2OS2/c1-3-14(19-2)15(18)17(10-12-6-8-20-11-12)13-5-4-7-16-9-13/h4-9,11,14H,3,10H2,1-2H3. The predicted molar refractivity (Wildman–Crippen MR) is 87.3 cm³/mol. The zero-order chi connectivity index (χ0) is 14.4. The number of aromatic nitrogens is 1. The molecule has 0 aromatic carbocycles. The van der Waals surface area contributed by atoms with Crippen molar-refractivity contribution < 1.29 is 4.79 Å². The number of carbonyl (C=O) groups is 1. The van der Waals surface area contributed by atoms with Crippen molar-refractivity contribution in [2.45, 2.75) is 25.1 Å². The van der Waals surface area contributed by atoms with Gasteiger partial charge in [0, 0.05) is 6.20 Å². The number of nitrogens with zero attached hydrogens (tertiary/aromatic N) is 2. The first-order valence-electron chi connectivity index (χ1n) is 6.51. The van der Waals surface area contributed by atoms with Gasteiger partial charge in [0.25, 0.3) is 0 Å². The lowest BCUT2D eigenvalue weighted by molar-refractivity contribution is -0.118. The molecule has 0 spiro atoms. The Balaban J connectivity index is 2.26. The second-order valence-corrected chi connectivity index (χ2v) is 6.22. The summed E-state index contributed by atoms with van der Waals surface area (Å²) in [5.41, 5.74) is 2.01. The Morgan fingerprint density at radius 2 is 2.35 bits per heavy atom. The maximum atomic E-state index is 12.7. The first kappa shape index (κ1) is 15.1. The molecule has 106 valence electrons. The highest BCUT2D eigenvalue weighted by atomic mass is 32.2. The monoisotopic (exact) mass is 306 g/mol. The van der Waals surface area contributed by atoms with Crippen molar-refractivity contribution in [2.24, 2.45) is 0 Å². The Kier molecular flexibility index (Phi) is 5.61. The van der Waals surface area contributed by atoms with E-state index in [-0.39, 0.29) is 11.2 Å². The third-order valence-electron chi connectivity index (χ3n) is 3.08. The number of hydrogen-bond donors (Lipinski definition) is 0. The summed E-state index contributed by atoms with van der Waals surface area (Å²) in [5, 5.41) is 4.11. The normalized spacial score (nSPS) is 12.1. The van der Waals surface area contributed by atoms with E-state index in [1.165, 1.54) is 0 Å². The SMILES string of the molecule is CCC(SC)C(=O)N(Cc1ccsc1)c1cccnc1. The van der Waals surface area contributed by atoms with E-state index in [9.17, 15) is 4.79 Å². The van der Waals surface area contributed by atoms with Gasteiger partial charge in [-0.25, -0.2) is 0 Å². The van der Waals surface area contributed by atoms with Crippen LogP contribution in [0.2, 0.25) is 0 Å². The van der Waals surface area contributed by atoms with Crippen molar-refractivity contribution in [3.63, 3.8) is 0 Å². The van der Waals surface area contributed by atoms with Crippen LogP contribution in [0, 0.1) is 0 Å². The molecule has 0 saturated heterocycles. The van der Waals surface area contributed by atoms with Crippen molar-refractivity contribution in [1.82, 2.24) is 4.98 Å². The highest BCUT2D eigenvalue weighted by Crippen LogP contribution is 2.22. The number of thioether (sulfide) groups is 1. The molecule has 2 heterocycles. The van der Waals surface area contributed by atoms with E-state index in [4.69, 9.17) is 0 Å². The van der Waals surface area contributed by atoms with Crippen molar-refractivity contribution in [3.05, 3.63) is 46.9 Å². The topological polar surface area (TPSA) is 33.2 Å². The van der Waals surface area contributed by atoms with E-state index in [0.717, 1.165) is 17.7 Å². The predicted octanol–water partition coefficient (Wildman–Crippen LogP) is 3.82. The van der Waals surface area contributed by atoms with Crippen LogP contribution >= 0.6 is 23.1 Å². The zero-order valence-corrected chi connectivity index (χ0v) is 13.3. The second-order valence-electron chi connectivity index (χ2n) is 4.40. The number of amides is 1. The smallest absolute Gasteiger partial charge is 0.240 e. The fourth-order valence-corrected chi connectivity index (χ4v) is 3.31. The molecule has 0 fully saturated rings. The maximum absolute atomic E-state index is 12.7. The van der Waals surface area contributed by atoms with Crippen molar-refractivity contribution >= 4 is 34.7 Å². The average molecular weight is 306 g/mol. The van der Waals surface area contributed by atoms with Crippen molar-refractivity contribution in [1.29, 1.82) is 0 Å². The van der Waals surface area contributed by atoms with Crippen LogP contribution in [-0.2, 0) is 11.3 Å². The quantitative estimate of drug-likeness (QED) is 0.813. The minimum absolute atomic E-state index is 0.00570. The molecular formula is C15H18N2OS2. The summed E-state index contributed by atoms with van der Waals surface area (Å²) in [5.74, 6) is 0.152. The Morgan fingerprint density at radius 3 is 2.90 bits per heavy atom. The van der Waals surface area contributed by atoms with Gasteiger partial charge < -0.3 is 4.90 Å². The van der Waals surface area contributed by atoms with Gasteiger partial charge in [0.2, 0.25) is 5.91 Å². The number of rotatable bonds is 6. The lowest BCUT2D eigenvalue weighted by atomic mass is 10.2. The minimum atomic E-state index is -0.00570. The molecule has 3 nitrogen and oxygen atoms in total. The lowest BCUT2D eigenvalue weighted by Gasteiger charge is -2.25. The van der Waals surface area contributed by atoms with Crippen LogP contribution in [0.3, 0.4) is 0 Å². The van der Waals surface area contributed by atoms with Gasteiger partial charge in [0.05, 0.1) is 23.7 Å². The van der Waals surface area contributed by atoms with Crippen LogP contribution in [0.5, 0.6) is 0 Å². The largest absolute Gasteiger partial charge is 0.305 e. The first-order chi connectivity index (χ1) is 9.76. The second kappa shape index (κ2) is 7.45. The summed E-state index contributed by atoms with van der Waals surface area (Å²) >= 11 is 3.25. The highest BCUT2D eigenvalue weighted by Gasteiger charge is 2.23. The molecule has 5 heteroatoms. The minimum Gasteiger partial charge on any atom is -0.305 e. The van der Waals surface area contributed by atoms with Gasteiger partial charge in [-0.2, -0.15) is 23.1 Å². The summed E-state index contributed by atoms with van der Waals surface area (Å²) < 4.78 is 0. The number of carbonyl (C=O) groups excluding carboxylic acids is 1. The van der Waals surface area contributed by atoms with Crippen molar-refractivity contribution in [3.8, 4) is 0 Å². The Bertz CT molecular complexity index is 524. The summed E-state index contributed by atoms with van der Waals surface area (Å²) in [6, 6.07) is 5.86. The Hall–Kier alpha value is -1.33. The summed E-state index contributed by atoms with van der Waals surface area (Å²) in [6.07, 6.45) is 6.29. The third-order valence-corrected chi connectivity index (χ3v) is 4.91. The van der Waals surface area contributed by atoms with Crippen LogP contribution in [0.15, 0.2) is 41.4 Å². The van der Waals surface area contributed by atoms with Gasteiger partial charge in [0.1, 0.15) is 0 Å². The highest BCUT2D eigenvalue weighted by molar-refractivity contribution is 7.99. The fourth-order valence-electron chi connectivity index (χ4n) is 1.99. The van der Waals surface area contributed by atoms with E-state index >= 15 is 0 Å². The summed E-state index contributed by atoms with van der Waals surface area (Å²) in [4.78, 5) is 18.7. The maximum Gasteiger partial charge on any atom is 0.240 e. The van der Waals surface area contributed by atoms with Gasteiger partial charge in [-0.1, -0.05) is 6.92 Å². The average Bonchev–Trinajstić information content (AvgIpc) is 3.00. The van der Waals surface area contributed by atoms with Crippen LogP contribution in [-0.4, -0.2) is 22.4 Å². The molecular weight excluding hydrogens is 288 g/mol. The number of hydrogen-bond acceptors (Lipinski definition) is 4. The lowest BCUT2D eigenvalue weighted by Crippen LogP contribution is -2.37. The summed E-state index contributed by atoms with van der Waals surface area (Å²) in [7, 11) is 0. The van der Waals surface area contributed by atoms with Gasteiger partial charge in [0.15, 0.2) is 0 Å². The van der Waals surface area contributed by atoms with Crippen molar-refractivity contribution in [2.75, 3.05) is 11.2 Å². The van der Waals surface area contributed by atoms with E-state index in [0.29, 0.717) is 6.54 Å². The molecule has 0 saturated carbocycles. The Morgan fingerprint density at radius 1 is 1.50 bits per heavy atom. The third kappa shape index (κ3) is 3.61. The van der Waals surface area contributed by atoms with Gasteiger partial charge >= 0.3 is 0 Å². The van der Waals surface area contributed by atoms with Crippen LogP contribution in [0.1, 0.15) is 18.9 Å². The van der Waals surface area contributed by atoms with E-state index < -0.39 is 0 Å². The zero-order valence-electron chi connectivity index (χ0n) is 11.7. The van der Waals surface area contributed by atoms with Crippen LogP contribution < -0.4 is 4.90 Å².